The molecule has 2 aromatic carbocycles. The highest BCUT2D eigenvalue weighted by atomic mass is 16.3. The number of phenolic OH excluding ortho intramolecular Hbond substituents is 1. The van der Waals surface area contributed by atoms with Crippen LogP contribution in [0, 0.1) is 13.8 Å². The van der Waals surface area contributed by atoms with Gasteiger partial charge in [-0.3, -0.25) is 0 Å². The number of aryl methyl sites for hydroxylation is 3. The van der Waals surface area contributed by atoms with E-state index in [1.54, 1.807) is 12.3 Å². The summed E-state index contributed by atoms with van der Waals surface area (Å²) in [5.74, 6) is 0.207. The summed E-state index contributed by atoms with van der Waals surface area (Å²) in [6.07, 6.45) is 6.47. The normalized spacial score (nSPS) is 10.8. The van der Waals surface area contributed by atoms with Crippen molar-refractivity contribution in [2.75, 3.05) is 22.9 Å². The van der Waals surface area contributed by atoms with Crippen LogP contribution in [0.15, 0.2) is 49.1 Å². The molecule has 0 aliphatic carbocycles. The Morgan fingerprint density at radius 2 is 1.88 bits per heavy atom. The van der Waals surface area contributed by atoms with Gasteiger partial charge in [0.25, 0.3) is 0 Å². The fraction of sp³-hybridized carbons (Fsp3) is 0.250. The SMILES string of the molecule is Cc1cc(N(CCCn2ccnc2)c2cc(C)c(O)cc2N)ccc1N. The van der Waals surface area contributed by atoms with Gasteiger partial charge in [0.15, 0.2) is 0 Å². The molecule has 3 aromatic rings. The third-order valence-corrected chi connectivity index (χ3v) is 4.56. The number of nitrogens with two attached hydrogens (primary N) is 2. The number of nitrogen functional groups attached to an aromatic ring is 2. The quantitative estimate of drug-likeness (QED) is 0.590. The van der Waals surface area contributed by atoms with Crippen LogP contribution in [0.1, 0.15) is 17.5 Å². The number of nitrogens with zero attached hydrogens (tertiary/aromatic N) is 3. The topological polar surface area (TPSA) is 93.3 Å². The van der Waals surface area contributed by atoms with Crippen LogP contribution in [0.2, 0.25) is 0 Å². The number of aromatic hydroxyl groups is 1. The van der Waals surface area contributed by atoms with E-state index in [1.165, 1.54) is 0 Å². The van der Waals surface area contributed by atoms with Gasteiger partial charge in [-0.25, -0.2) is 4.98 Å². The minimum absolute atomic E-state index is 0.207. The van der Waals surface area contributed by atoms with E-state index in [0.717, 1.165) is 47.7 Å². The zero-order chi connectivity index (χ0) is 18.7. The third-order valence-electron chi connectivity index (χ3n) is 4.56. The Kier molecular flexibility index (Phi) is 5.02. The number of aromatic nitrogens is 2. The second kappa shape index (κ2) is 7.39. The van der Waals surface area contributed by atoms with Crippen molar-refractivity contribution in [2.24, 2.45) is 0 Å². The number of anilines is 4. The predicted octanol–water partition coefficient (Wildman–Crippen LogP) is 3.60. The summed E-state index contributed by atoms with van der Waals surface area (Å²) >= 11 is 0. The lowest BCUT2D eigenvalue weighted by atomic mass is 10.1. The molecule has 0 saturated heterocycles. The van der Waals surface area contributed by atoms with E-state index in [4.69, 9.17) is 11.5 Å². The third kappa shape index (κ3) is 3.74. The number of benzene rings is 2. The number of rotatable bonds is 6. The first-order chi connectivity index (χ1) is 12.5. The van der Waals surface area contributed by atoms with Gasteiger partial charge in [0.05, 0.1) is 17.7 Å². The second-order valence-corrected chi connectivity index (χ2v) is 6.54. The van der Waals surface area contributed by atoms with Gasteiger partial charge in [-0.05, 0) is 55.7 Å². The van der Waals surface area contributed by atoms with E-state index in [9.17, 15) is 5.11 Å². The van der Waals surface area contributed by atoms with Crippen molar-refractivity contribution in [3.8, 4) is 5.75 Å². The molecule has 0 amide bonds. The molecule has 0 radical (unpaired) electrons. The van der Waals surface area contributed by atoms with Crippen molar-refractivity contribution in [2.45, 2.75) is 26.8 Å². The molecule has 0 aliphatic heterocycles. The summed E-state index contributed by atoms with van der Waals surface area (Å²) in [7, 11) is 0. The Hall–Kier alpha value is -3.15. The number of phenols is 1. The highest BCUT2D eigenvalue weighted by Crippen LogP contribution is 2.36. The van der Waals surface area contributed by atoms with Gasteiger partial charge in [0.1, 0.15) is 5.75 Å². The molecule has 0 aliphatic rings. The molecule has 1 heterocycles. The fourth-order valence-corrected chi connectivity index (χ4v) is 2.98. The monoisotopic (exact) mass is 351 g/mol. The zero-order valence-corrected chi connectivity index (χ0v) is 15.2. The van der Waals surface area contributed by atoms with Crippen LogP contribution >= 0.6 is 0 Å². The lowest BCUT2D eigenvalue weighted by Crippen LogP contribution is -2.21. The van der Waals surface area contributed by atoms with Gasteiger partial charge >= 0.3 is 0 Å². The van der Waals surface area contributed by atoms with Crippen LogP contribution in [0.5, 0.6) is 5.75 Å². The van der Waals surface area contributed by atoms with Crippen LogP contribution in [0.25, 0.3) is 0 Å². The summed E-state index contributed by atoms with van der Waals surface area (Å²) < 4.78 is 2.05. The lowest BCUT2D eigenvalue weighted by Gasteiger charge is -2.27. The average Bonchev–Trinajstić information content (AvgIpc) is 3.11. The highest BCUT2D eigenvalue weighted by molar-refractivity contribution is 5.78. The number of imidazole rings is 1. The van der Waals surface area contributed by atoms with Gasteiger partial charge in [0.2, 0.25) is 0 Å². The molecule has 6 heteroatoms. The number of hydrogen-bond donors (Lipinski definition) is 3. The largest absolute Gasteiger partial charge is 0.508 e. The predicted molar refractivity (Wildman–Crippen MR) is 107 cm³/mol. The van der Waals surface area contributed by atoms with E-state index in [0.29, 0.717) is 5.69 Å². The van der Waals surface area contributed by atoms with Crippen molar-refractivity contribution in [3.05, 3.63) is 60.2 Å². The summed E-state index contributed by atoms with van der Waals surface area (Å²) in [4.78, 5) is 6.25. The first kappa shape index (κ1) is 17.7. The van der Waals surface area contributed by atoms with Crippen LogP contribution < -0.4 is 16.4 Å². The zero-order valence-electron chi connectivity index (χ0n) is 15.2. The lowest BCUT2D eigenvalue weighted by molar-refractivity contribution is 0.471. The Balaban J connectivity index is 1.92. The molecule has 0 spiro atoms. The molecule has 0 unspecified atom stereocenters. The maximum absolute atomic E-state index is 9.93. The maximum atomic E-state index is 9.93. The van der Waals surface area contributed by atoms with E-state index >= 15 is 0 Å². The maximum Gasteiger partial charge on any atom is 0.120 e. The second-order valence-electron chi connectivity index (χ2n) is 6.54. The summed E-state index contributed by atoms with van der Waals surface area (Å²) in [5.41, 5.74) is 17.2. The van der Waals surface area contributed by atoms with E-state index in [2.05, 4.69) is 20.5 Å². The van der Waals surface area contributed by atoms with E-state index in [1.807, 2.05) is 44.6 Å². The highest BCUT2D eigenvalue weighted by Gasteiger charge is 2.15. The number of hydrogen-bond acceptors (Lipinski definition) is 5. The molecular formula is C20H25N5O. The van der Waals surface area contributed by atoms with Gasteiger partial charge in [-0.1, -0.05) is 0 Å². The van der Waals surface area contributed by atoms with E-state index in [-0.39, 0.29) is 5.75 Å². The molecule has 3 rings (SSSR count). The Labute approximate surface area is 153 Å². The summed E-state index contributed by atoms with van der Waals surface area (Å²) in [6, 6.07) is 9.51. The van der Waals surface area contributed by atoms with Crippen molar-refractivity contribution in [1.82, 2.24) is 9.55 Å². The van der Waals surface area contributed by atoms with Gasteiger partial charge in [0, 0.05) is 42.9 Å². The van der Waals surface area contributed by atoms with Gasteiger partial charge in [-0.2, -0.15) is 0 Å². The van der Waals surface area contributed by atoms with Crippen molar-refractivity contribution >= 4 is 22.7 Å². The Morgan fingerprint density at radius 3 is 2.58 bits per heavy atom. The Morgan fingerprint density at radius 1 is 1.08 bits per heavy atom. The molecule has 0 saturated carbocycles. The molecular weight excluding hydrogens is 326 g/mol. The van der Waals surface area contributed by atoms with Crippen molar-refractivity contribution in [3.63, 3.8) is 0 Å². The average molecular weight is 351 g/mol. The smallest absolute Gasteiger partial charge is 0.120 e. The first-order valence-electron chi connectivity index (χ1n) is 8.64. The van der Waals surface area contributed by atoms with Crippen LogP contribution in [0.3, 0.4) is 0 Å². The molecule has 0 atom stereocenters. The molecule has 0 fully saturated rings. The minimum atomic E-state index is 0.207. The van der Waals surface area contributed by atoms with Crippen molar-refractivity contribution < 1.29 is 5.11 Å². The van der Waals surface area contributed by atoms with Gasteiger partial charge < -0.3 is 26.0 Å². The standard InChI is InChI=1S/C20H25N5O/c1-14-10-16(4-5-17(14)21)25(8-3-7-24-9-6-23-13-24)19-11-15(2)20(26)12-18(19)22/h4-6,9-13,26H,3,7-8,21-22H2,1-2H3. The molecule has 1 aromatic heterocycles. The molecule has 0 bridgehead atoms. The minimum Gasteiger partial charge on any atom is -0.508 e. The van der Waals surface area contributed by atoms with Crippen molar-refractivity contribution in [1.29, 1.82) is 0 Å². The van der Waals surface area contributed by atoms with Crippen LogP contribution in [-0.4, -0.2) is 21.2 Å². The fourth-order valence-electron chi connectivity index (χ4n) is 2.98. The molecule has 6 nitrogen and oxygen atoms in total. The first-order valence-corrected chi connectivity index (χ1v) is 8.64. The van der Waals surface area contributed by atoms with E-state index < -0.39 is 0 Å². The van der Waals surface area contributed by atoms with Crippen LogP contribution in [0.4, 0.5) is 22.7 Å². The Bertz CT molecular complexity index is 889. The molecule has 136 valence electrons. The molecule has 5 N–H and O–H groups in total. The van der Waals surface area contributed by atoms with Crippen LogP contribution in [-0.2, 0) is 6.54 Å². The molecule has 26 heavy (non-hydrogen) atoms. The summed E-state index contributed by atoms with van der Waals surface area (Å²) in [5, 5.41) is 9.93. The summed E-state index contributed by atoms with van der Waals surface area (Å²) in [6.45, 7) is 5.50. The van der Waals surface area contributed by atoms with Gasteiger partial charge in [-0.15, -0.1) is 0 Å².